The van der Waals surface area contributed by atoms with Crippen LogP contribution in [0.5, 0.6) is 11.5 Å². The molecule has 1 amide bonds. The fourth-order valence-electron chi connectivity index (χ4n) is 2.51. The highest BCUT2D eigenvalue weighted by Crippen LogP contribution is 2.32. The van der Waals surface area contributed by atoms with Crippen LogP contribution in [0.4, 0.5) is 0 Å². The molecule has 0 aromatic heterocycles. The number of nitrogens with one attached hydrogen (secondary N) is 1. The van der Waals surface area contributed by atoms with E-state index in [2.05, 4.69) is 19.2 Å². The number of amides is 1. The summed E-state index contributed by atoms with van der Waals surface area (Å²) >= 11 is 0. The topological polar surface area (TPSA) is 73.9 Å². The zero-order valence-corrected chi connectivity index (χ0v) is 14.8. The maximum Gasteiger partial charge on any atom is 0.325 e. The molecule has 2 aromatic carbocycles. The van der Waals surface area contributed by atoms with Crippen LogP contribution < -0.4 is 14.8 Å². The largest absolute Gasteiger partial charge is 0.460 e. The number of rotatable bonds is 6. The van der Waals surface area contributed by atoms with Crippen molar-refractivity contribution in [1.82, 2.24) is 5.32 Å². The number of carbonyl (C=O) groups excluding carboxylic acids is 2. The summed E-state index contributed by atoms with van der Waals surface area (Å²) in [5, 5.41) is 2.54. The lowest BCUT2D eigenvalue weighted by molar-refractivity contribution is -0.143. The molecular formula is C20H21NO5. The molecule has 1 aliphatic heterocycles. The minimum atomic E-state index is -0.493. The van der Waals surface area contributed by atoms with Gasteiger partial charge < -0.3 is 19.5 Å². The predicted octanol–water partition coefficient (Wildman–Crippen LogP) is 3.01. The number of fused-ring (bicyclic) bond motifs is 1. The molecule has 3 rings (SSSR count). The highest BCUT2D eigenvalue weighted by atomic mass is 16.7. The van der Waals surface area contributed by atoms with E-state index in [1.165, 1.54) is 5.56 Å². The SMILES string of the molecule is CC(C)c1ccc(COC(=O)CNC(=O)c2ccc3c(c2)OCO3)cc1. The monoisotopic (exact) mass is 355 g/mol. The second-order valence-corrected chi connectivity index (χ2v) is 6.31. The summed E-state index contributed by atoms with van der Waals surface area (Å²) in [6, 6.07) is 12.8. The van der Waals surface area contributed by atoms with Crippen LogP contribution in [0.25, 0.3) is 0 Å². The number of carbonyl (C=O) groups is 2. The van der Waals surface area contributed by atoms with Crippen molar-refractivity contribution in [2.45, 2.75) is 26.4 Å². The van der Waals surface area contributed by atoms with Crippen LogP contribution in [-0.4, -0.2) is 25.2 Å². The molecule has 0 bridgehead atoms. The van der Waals surface area contributed by atoms with Crippen molar-refractivity contribution in [3.05, 3.63) is 59.2 Å². The number of hydrogen-bond donors (Lipinski definition) is 1. The van der Waals surface area contributed by atoms with Gasteiger partial charge >= 0.3 is 5.97 Å². The standard InChI is InChI=1S/C20H21NO5/c1-13(2)15-5-3-14(4-6-15)11-24-19(22)10-21-20(23)16-7-8-17-18(9-16)26-12-25-17/h3-9,13H,10-12H2,1-2H3,(H,21,23). The quantitative estimate of drug-likeness (QED) is 0.807. The normalized spacial score (nSPS) is 12.1. The van der Waals surface area contributed by atoms with E-state index in [0.717, 1.165) is 5.56 Å². The fourth-order valence-corrected chi connectivity index (χ4v) is 2.51. The number of esters is 1. The predicted molar refractivity (Wildman–Crippen MR) is 95.2 cm³/mol. The van der Waals surface area contributed by atoms with E-state index in [-0.39, 0.29) is 25.9 Å². The van der Waals surface area contributed by atoms with Crippen LogP contribution in [0.2, 0.25) is 0 Å². The van der Waals surface area contributed by atoms with Gasteiger partial charge in [-0.3, -0.25) is 9.59 Å². The number of ether oxygens (including phenoxy) is 3. The van der Waals surface area contributed by atoms with Crippen molar-refractivity contribution in [3.63, 3.8) is 0 Å². The van der Waals surface area contributed by atoms with E-state index in [4.69, 9.17) is 14.2 Å². The molecule has 1 heterocycles. The van der Waals surface area contributed by atoms with Crippen LogP contribution in [0.15, 0.2) is 42.5 Å². The summed E-state index contributed by atoms with van der Waals surface area (Å²) in [4.78, 5) is 23.9. The Morgan fingerprint density at radius 2 is 1.81 bits per heavy atom. The molecule has 0 aliphatic carbocycles. The average molecular weight is 355 g/mol. The summed E-state index contributed by atoms with van der Waals surface area (Å²) in [7, 11) is 0. The molecule has 26 heavy (non-hydrogen) atoms. The lowest BCUT2D eigenvalue weighted by Gasteiger charge is -2.09. The molecule has 1 N–H and O–H groups in total. The Labute approximate surface area is 152 Å². The molecule has 0 saturated carbocycles. The maximum atomic E-state index is 12.1. The van der Waals surface area contributed by atoms with E-state index < -0.39 is 5.97 Å². The molecule has 6 heteroatoms. The first-order valence-corrected chi connectivity index (χ1v) is 8.45. The molecule has 0 radical (unpaired) electrons. The highest BCUT2D eigenvalue weighted by Gasteiger charge is 2.16. The number of hydrogen-bond acceptors (Lipinski definition) is 5. The van der Waals surface area contributed by atoms with Crippen LogP contribution in [0.3, 0.4) is 0 Å². The Bertz CT molecular complexity index is 798. The van der Waals surface area contributed by atoms with Gasteiger partial charge in [0.25, 0.3) is 5.91 Å². The lowest BCUT2D eigenvalue weighted by atomic mass is 10.0. The van der Waals surface area contributed by atoms with E-state index in [0.29, 0.717) is 23.0 Å². The maximum absolute atomic E-state index is 12.1. The lowest BCUT2D eigenvalue weighted by Crippen LogP contribution is -2.30. The van der Waals surface area contributed by atoms with Gasteiger partial charge in [-0.2, -0.15) is 0 Å². The van der Waals surface area contributed by atoms with Gasteiger partial charge in [-0.1, -0.05) is 38.1 Å². The first-order valence-electron chi connectivity index (χ1n) is 8.45. The Hall–Kier alpha value is -3.02. The Kier molecular flexibility index (Phi) is 5.41. The molecular weight excluding hydrogens is 334 g/mol. The van der Waals surface area contributed by atoms with Crippen LogP contribution in [-0.2, 0) is 16.1 Å². The summed E-state index contributed by atoms with van der Waals surface area (Å²) in [6.07, 6.45) is 0. The van der Waals surface area contributed by atoms with Crippen molar-refractivity contribution in [3.8, 4) is 11.5 Å². The summed E-state index contributed by atoms with van der Waals surface area (Å²) in [6.45, 7) is 4.37. The molecule has 0 fully saturated rings. The fraction of sp³-hybridized carbons (Fsp3) is 0.300. The second kappa shape index (κ2) is 7.91. The molecule has 0 atom stereocenters. The third-order valence-corrected chi connectivity index (χ3v) is 4.07. The molecule has 0 unspecified atom stereocenters. The molecule has 136 valence electrons. The van der Waals surface area contributed by atoms with Gasteiger partial charge in [0.2, 0.25) is 6.79 Å². The van der Waals surface area contributed by atoms with E-state index in [1.54, 1.807) is 18.2 Å². The van der Waals surface area contributed by atoms with Gasteiger partial charge in [0.05, 0.1) is 0 Å². The molecule has 6 nitrogen and oxygen atoms in total. The minimum absolute atomic E-state index is 0.144. The summed E-state index contributed by atoms with van der Waals surface area (Å²) in [5.41, 5.74) is 2.53. The van der Waals surface area contributed by atoms with Crippen LogP contribution >= 0.6 is 0 Å². The third-order valence-electron chi connectivity index (χ3n) is 4.07. The molecule has 1 aliphatic rings. The van der Waals surface area contributed by atoms with Gasteiger partial charge in [0.1, 0.15) is 13.2 Å². The van der Waals surface area contributed by atoms with Crippen molar-refractivity contribution < 1.29 is 23.8 Å². The van der Waals surface area contributed by atoms with Crippen molar-refractivity contribution in [1.29, 1.82) is 0 Å². The van der Waals surface area contributed by atoms with E-state index in [1.807, 2.05) is 24.3 Å². The number of benzene rings is 2. The summed E-state index contributed by atoms with van der Waals surface area (Å²) < 4.78 is 15.6. The van der Waals surface area contributed by atoms with Gasteiger partial charge in [0.15, 0.2) is 11.5 Å². The Morgan fingerprint density at radius 3 is 2.54 bits per heavy atom. The zero-order valence-electron chi connectivity index (χ0n) is 14.8. The summed E-state index contributed by atoms with van der Waals surface area (Å²) in [5.74, 6) is 0.709. The smallest absolute Gasteiger partial charge is 0.325 e. The van der Waals surface area contributed by atoms with Crippen molar-refractivity contribution in [2.75, 3.05) is 13.3 Å². The van der Waals surface area contributed by atoms with Gasteiger partial charge in [-0.15, -0.1) is 0 Å². The zero-order chi connectivity index (χ0) is 18.5. The highest BCUT2D eigenvalue weighted by molar-refractivity contribution is 5.96. The second-order valence-electron chi connectivity index (χ2n) is 6.31. The Morgan fingerprint density at radius 1 is 1.08 bits per heavy atom. The minimum Gasteiger partial charge on any atom is -0.460 e. The van der Waals surface area contributed by atoms with Crippen LogP contribution in [0.1, 0.15) is 41.3 Å². The third kappa shape index (κ3) is 4.33. The van der Waals surface area contributed by atoms with Gasteiger partial charge in [-0.05, 0) is 35.2 Å². The van der Waals surface area contributed by atoms with Gasteiger partial charge in [-0.25, -0.2) is 0 Å². The van der Waals surface area contributed by atoms with Gasteiger partial charge in [0, 0.05) is 5.56 Å². The average Bonchev–Trinajstić information content (AvgIpc) is 3.12. The first-order chi connectivity index (χ1) is 12.5. The first kappa shape index (κ1) is 17.8. The van der Waals surface area contributed by atoms with E-state index >= 15 is 0 Å². The molecule has 0 saturated heterocycles. The molecule has 2 aromatic rings. The van der Waals surface area contributed by atoms with Crippen molar-refractivity contribution >= 4 is 11.9 Å². The van der Waals surface area contributed by atoms with Crippen LogP contribution in [0, 0.1) is 0 Å². The van der Waals surface area contributed by atoms with Crippen molar-refractivity contribution in [2.24, 2.45) is 0 Å². The Balaban J connectivity index is 1.45. The molecule has 0 spiro atoms. The van der Waals surface area contributed by atoms with E-state index in [9.17, 15) is 9.59 Å².